The van der Waals surface area contributed by atoms with E-state index in [1.807, 2.05) is 35.4 Å². The molecule has 78 valence electrons. The predicted molar refractivity (Wildman–Crippen MR) is 59.8 cm³/mol. The Morgan fingerprint density at radius 1 is 1.20 bits per heavy atom. The highest BCUT2D eigenvalue weighted by atomic mass is 16.8. The van der Waals surface area contributed by atoms with Crippen molar-refractivity contribution in [1.29, 1.82) is 0 Å². The normalized spacial score (nSPS) is 24.2. The van der Waals surface area contributed by atoms with Gasteiger partial charge in [-0.3, -0.25) is 4.84 Å². The first-order chi connectivity index (χ1) is 7.07. The largest absolute Gasteiger partial charge is 0.260 e. The summed E-state index contributed by atoms with van der Waals surface area (Å²) in [5.41, 5.74) is 1.07. The van der Waals surface area contributed by atoms with Gasteiger partial charge >= 0.3 is 0 Å². The highest BCUT2D eigenvalue weighted by molar-refractivity contribution is 5.34. The van der Waals surface area contributed by atoms with Gasteiger partial charge in [-0.05, 0) is 38.8 Å². The molecule has 0 amide bonds. The van der Waals surface area contributed by atoms with Gasteiger partial charge in [0, 0.05) is 11.1 Å². The Morgan fingerprint density at radius 3 is 2.40 bits per heavy atom. The van der Waals surface area contributed by atoms with Crippen molar-refractivity contribution in [3.8, 4) is 11.8 Å². The van der Waals surface area contributed by atoms with Gasteiger partial charge in [0.2, 0.25) is 6.23 Å². The Balaban J connectivity index is 1.99. The maximum Gasteiger partial charge on any atom is 0.216 e. The van der Waals surface area contributed by atoms with Crippen molar-refractivity contribution < 1.29 is 4.84 Å². The molecule has 0 radical (unpaired) electrons. The van der Waals surface area contributed by atoms with Crippen molar-refractivity contribution in [2.75, 3.05) is 0 Å². The lowest BCUT2D eigenvalue weighted by atomic mass is 10.1. The topological polar surface area (TPSA) is 15.5 Å². The van der Waals surface area contributed by atoms with Crippen molar-refractivity contribution in [1.82, 2.24) is 5.06 Å². The standard InChI is InChI=1S/C13H15NO/c1-13(2,3)14-12(15-14)10-9-11-7-5-4-6-8-11/h4-8,12H,1-3H3. The highest BCUT2D eigenvalue weighted by Crippen LogP contribution is 2.30. The first-order valence-corrected chi connectivity index (χ1v) is 5.10. The fourth-order valence-corrected chi connectivity index (χ4v) is 1.34. The average molecular weight is 201 g/mol. The minimum Gasteiger partial charge on any atom is -0.260 e. The maximum atomic E-state index is 5.36. The zero-order valence-corrected chi connectivity index (χ0v) is 9.32. The van der Waals surface area contributed by atoms with Gasteiger partial charge in [-0.25, -0.2) is 0 Å². The fourth-order valence-electron chi connectivity index (χ4n) is 1.34. The fraction of sp³-hybridized carbons (Fsp3) is 0.385. The monoisotopic (exact) mass is 201 g/mol. The van der Waals surface area contributed by atoms with E-state index in [-0.39, 0.29) is 11.8 Å². The van der Waals surface area contributed by atoms with Gasteiger partial charge in [0.05, 0.1) is 0 Å². The third kappa shape index (κ3) is 2.59. The summed E-state index contributed by atoms with van der Waals surface area (Å²) in [6.07, 6.45) is -0.0368. The maximum absolute atomic E-state index is 5.36. The Labute approximate surface area is 90.8 Å². The molecule has 2 nitrogen and oxygen atoms in total. The van der Waals surface area contributed by atoms with Crippen molar-refractivity contribution >= 4 is 0 Å². The van der Waals surface area contributed by atoms with Crippen LogP contribution in [0.1, 0.15) is 26.3 Å². The van der Waals surface area contributed by atoms with Crippen LogP contribution in [0.25, 0.3) is 0 Å². The van der Waals surface area contributed by atoms with E-state index < -0.39 is 0 Å². The molecule has 0 spiro atoms. The van der Waals surface area contributed by atoms with Crippen LogP contribution in [-0.2, 0) is 4.84 Å². The van der Waals surface area contributed by atoms with Gasteiger partial charge in [0.25, 0.3) is 0 Å². The molecule has 1 aromatic rings. The molecule has 1 fully saturated rings. The van der Waals surface area contributed by atoms with Crippen LogP contribution in [0.5, 0.6) is 0 Å². The lowest BCUT2D eigenvalue weighted by molar-refractivity contribution is 0.101. The molecule has 1 aliphatic rings. The summed E-state index contributed by atoms with van der Waals surface area (Å²) >= 11 is 0. The van der Waals surface area contributed by atoms with E-state index in [1.165, 1.54) is 0 Å². The molecule has 2 atom stereocenters. The van der Waals surface area contributed by atoms with Crippen LogP contribution in [0.4, 0.5) is 0 Å². The number of benzene rings is 1. The summed E-state index contributed by atoms with van der Waals surface area (Å²) in [4.78, 5) is 5.36. The van der Waals surface area contributed by atoms with E-state index in [2.05, 4.69) is 32.6 Å². The Bertz CT molecular complexity index is 394. The van der Waals surface area contributed by atoms with Crippen molar-refractivity contribution in [3.05, 3.63) is 35.9 Å². The van der Waals surface area contributed by atoms with Gasteiger partial charge in [0.15, 0.2) is 0 Å². The molecule has 15 heavy (non-hydrogen) atoms. The number of rotatable bonds is 0. The molecular formula is C13H15NO. The summed E-state index contributed by atoms with van der Waals surface area (Å²) in [7, 11) is 0. The minimum atomic E-state index is -0.0368. The van der Waals surface area contributed by atoms with Gasteiger partial charge in [-0.2, -0.15) is 0 Å². The molecule has 0 N–H and O–H groups in total. The molecule has 2 unspecified atom stereocenters. The average Bonchev–Trinajstić information content (AvgIpc) is 2.95. The molecule has 1 aliphatic heterocycles. The summed E-state index contributed by atoms with van der Waals surface area (Å²) in [5, 5.41) is 1.91. The van der Waals surface area contributed by atoms with Gasteiger partial charge < -0.3 is 0 Å². The summed E-state index contributed by atoms with van der Waals surface area (Å²) in [6.45, 7) is 6.32. The SMILES string of the molecule is CC(C)(C)N1OC1C#Cc1ccccc1. The van der Waals surface area contributed by atoms with E-state index >= 15 is 0 Å². The smallest absolute Gasteiger partial charge is 0.216 e. The quantitative estimate of drug-likeness (QED) is 0.473. The van der Waals surface area contributed by atoms with Crippen LogP contribution < -0.4 is 0 Å². The minimum absolute atomic E-state index is 0.0368. The Hall–Kier alpha value is -1.30. The molecule has 1 aromatic carbocycles. The zero-order valence-electron chi connectivity index (χ0n) is 9.32. The predicted octanol–water partition coefficient (Wildman–Crippen LogP) is 2.41. The van der Waals surface area contributed by atoms with Gasteiger partial charge in [-0.1, -0.05) is 24.1 Å². The highest BCUT2D eigenvalue weighted by Gasteiger charge is 2.43. The molecule has 0 aromatic heterocycles. The van der Waals surface area contributed by atoms with Crippen molar-refractivity contribution in [3.63, 3.8) is 0 Å². The molecule has 0 bridgehead atoms. The van der Waals surface area contributed by atoms with Gasteiger partial charge in [-0.15, -0.1) is 5.06 Å². The number of hydroxylamine groups is 2. The summed E-state index contributed by atoms with van der Waals surface area (Å²) in [5.74, 6) is 6.18. The van der Waals surface area contributed by atoms with E-state index in [1.54, 1.807) is 0 Å². The summed E-state index contributed by atoms with van der Waals surface area (Å²) < 4.78 is 0. The Kier molecular flexibility index (Phi) is 2.52. The number of nitrogens with zero attached hydrogens (tertiary/aromatic N) is 1. The van der Waals surface area contributed by atoms with Crippen LogP contribution in [0.15, 0.2) is 30.3 Å². The second kappa shape index (κ2) is 3.69. The van der Waals surface area contributed by atoms with Crippen molar-refractivity contribution in [2.24, 2.45) is 0 Å². The first kappa shape index (κ1) is 10.2. The number of hydrogen-bond acceptors (Lipinski definition) is 2. The lowest BCUT2D eigenvalue weighted by Crippen LogP contribution is -2.26. The molecule has 0 saturated carbocycles. The Morgan fingerprint density at radius 2 is 1.87 bits per heavy atom. The first-order valence-electron chi connectivity index (χ1n) is 5.10. The van der Waals surface area contributed by atoms with E-state index in [0.717, 1.165) is 5.56 Å². The molecule has 0 aliphatic carbocycles. The van der Waals surface area contributed by atoms with Crippen LogP contribution in [-0.4, -0.2) is 16.8 Å². The summed E-state index contributed by atoms with van der Waals surface area (Å²) in [6, 6.07) is 9.95. The van der Waals surface area contributed by atoms with E-state index in [9.17, 15) is 0 Å². The molecule has 2 heteroatoms. The van der Waals surface area contributed by atoms with Gasteiger partial charge in [0.1, 0.15) is 0 Å². The molecule has 1 heterocycles. The molecule has 2 rings (SSSR count). The zero-order chi connectivity index (χ0) is 10.9. The van der Waals surface area contributed by atoms with E-state index in [0.29, 0.717) is 0 Å². The second-order valence-corrected chi connectivity index (χ2v) is 4.59. The third-order valence-corrected chi connectivity index (χ3v) is 2.16. The van der Waals surface area contributed by atoms with Crippen LogP contribution in [0, 0.1) is 11.8 Å². The molecular weight excluding hydrogens is 186 g/mol. The second-order valence-electron chi connectivity index (χ2n) is 4.59. The lowest BCUT2D eigenvalue weighted by Gasteiger charge is -2.15. The van der Waals surface area contributed by atoms with Crippen LogP contribution in [0.3, 0.4) is 0 Å². The third-order valence-electron chi connectivity index (χ3n) is 2.16. The van der Waals surface area contributed by atoms with E-state index in [4.69, 9.17) is 4.84 Å². The van der Waals surface area contributed by atoms with Crippen LogP contribution in [0.2, 0.25) is 0 Å². The van der Waals surface area contributed by atoms with Crippen molar-refractivity contribution in [2.45, 2.75) is 32.5 Å². The van der Waals surface area contributed by atoms with Crippen LogP contribution >= 0.6 is 0 Å². The number of hydrogen-bond donors (Lipinski definition) is 0. The molecule has 1 saturated heterocycles.